The number of hydrogen-bond acceptors (Lipinski definition) is 7. The lowest BCUT2D eigenvalue weighted by atomic mass is 10.1. The van der Waals surface area contributed by atoms with E-state index >= 15 is 0 Å². The van der Waals surface area contributed by atoms with Gasteiger partial charge in [-0.2, -0.15) is 0 Å². The van der Waals surface area contributed by atoms with Crippen molar-refractivity contribution in [2.45, 2.75) is 0 Å². The van der Waals surface area contributed by atoms with E-state index in [0.29, 0.717) is 56.8 Å². The molecule has 1 heterocycles. The smallest absolute Gasteiger partial charge is 0.298 e. The minimum atomic E-state index is -0.624. The van der Waals surface area contributed by atoms with Gasteiger partial charge in [0.1, 0.15) is 17.2 Å². The van der Waals surface area contributed by atoms with Crippen molar-refractivity contribution in [3.8, 4) is 23.0 Å². The number of halogens is 1. The Balaban J connectivity index is 1.64. The number of nitrogens with zero attached hydrogens (tertiary/aromatic N) is 1. The Labute approximate surface area is 193 Å². The van der Waals surface area contributed by atoms with Gasteiger partial charge in [0.15, 0.2) is 5.75 Å². The predicted molar refractivity (Wildman–Crippen MR) is 125 cm³/mol. The Bertz CT molecular complexity index is 1360. The number of benzene rings is 3. The van der Waals surface area contributed by atoms with Crippen LogP contribution in [0.2, 0.25) is 5.02 Å². The first-order valence-electron chi connectivity index (χ1n) is 9.70. The van der Waals surface area contributed by atoms with Gasteiger partial charge in [0.25, 0.3) is 12.4 Å². The lowest BCUT2D eigenvalue weighted by Gasteiger charge is -2.14. The van der Waals surface area contributed by atoms with Crippen LogP contribution >= 0.6 is 11.6 Å². The van der Waals surface area contributed by atoms with Crippen molar-refractivity contribution < 1.29 is 23.8 Å². The first-order valence-corrected chi connectivity index (χ1v) is 10.1. The number of amides is 1. The summed E-state index contributed by atoms with van der Waals surface area (Å²) in [5.41, 5.74) is 7.44. The van der Waals surface area contributed by atoms with Crippen LogP contribution in [0.25, 0.3) is 10.9 Å². The maximum atomic E-state index is 11.8. The summed E-state index contributed by atoms with van der Waals surface area (Å²) < 4.78 is 16.2. The molecule has 9 heteroatoms. The van der Waals surface area contributed by atoms with Crippen LogP contribution in [-0.4, -0.2) is 24.5 Å². The van der Waals surface area contributed by atoms with Gasteiger partial charge in [-0.1, -0.05) is 23.7 Å². The van der Waals surface area contributed by atoms with Crippen molar-refractivity contribution in [3.63, 3.8) is 0 Å². The molecule has 0 atom stereocenters. The standard InChI is InChI=1S/C24H18ClN3O5/c1-31-23-12-20-15(11-16(23)24(26)30)21(8-9-27-20)33-14-6-7-18(17(25)10-14)28-19-4-2-3-5-22(19)32-13-29/h2-13,28H,1H3,(H2,26,30). The number of para-hydroxylation sites is 2. The molecule has 0 aliphatic carbocycles. The molecule has 4 rings (SSSR count). The van der Waals surface area contributed by atoms with Gasteiger partial charge in [-0.15, -0.1) is 0 Å². The largest absolute Gasteiger partial charge is 0.496 e. The summed E-state index contributed by atoms with van der Waals surface area (Å²) in [4.78, 5) is 26.9. The topological polar surface area (TPSA) is 113 Å². The number of hydrogen-bond donors (Lipinski definition) is 2. The van der Waals surface area contributed by atoms with Gasteiger partial charge in [0, 0.05) is 23.7 Å². The highest BCUT2D eigenvalue weighted by Gasteiger charge is 2.15. The number of primary amides is 1. The molecule has 33 heavy (non-hydrogen) atoms. The third-order valence-corrected chi connectivity index (χ3v) is 5.10. The highest BCUT2D eigenvalue weighted by Crippen LogP contribution is 2.37. The minimum absolute atomic E-state index is 0.219. The zero-order valence-electron chi connectivity index (χ0n) is 17.4. The molecule has 4 aromatic rings. The molecule has 0 saturated carbocycles. The monoisotopic (exact) mass is 463 g/mol. The SMILES string of the molecule is COc1cc2nccc(Oc3ccc(Nc4ccccc4OC=O)c(Cl)c3)c2cc1C(N)=O. The number of carbonyl (C=O) groups is 2. The molecule has 1 amide bonds. The fraction of sp³-hybridized carbons (Fsp3) is 0.0417. The fourth-order valence-electron chi connectivity index (χ4n) is 3.26. The van der Waals surface area contributed by atoms with Gasteiger partial charge < -0.3 is 25.3 Å². The van der Waals surface area contributed by atoms with E-state index < -0.39 is 5.91 Å². The number of anilines is 2. The molecule has 3 aromatic carbocycles. The molecule has 8 nitrogen and oxygen atoms in total. The molecule has 0 radical (unpaired) electrons. The summed E-state index contributed by atoms with van der Waals surface area (Å²) in [7, 11) is 1.45. The van der Waals surface area contributed by atoms with E-state index in [1.54, 1.807) is 66.9 Å². The van der Waals surface area contributed by atoms with Crippen molar-refractivity contribution in [2.24, 2.45) is 5.73 Å². The molecule has 0 aliphatic rings. The van der Waals surface area contributed by atoms with Crippen LogP contribution in [0.15, 0.2) is 66.9 Å². The average Bonchev–Trinajstić information content (AvgIpc) is 2.81. The van der Waals surface area contributed by atoms with Crippen LogP contribution in [0.5, 0.6) is 23.0 Å². The summed E-state index contributed by atoms with van der Waals surface area (Å²) in [5, 5.41) is 4.10. The Morgan fingerprint density at radius 2 is 1.85 bits per heavy atom. The van der Waals surface area contributed by atoms with Crippen molar-refractivity contribution in [3.05, 3.63) is 77.4 Å². The second kappa shape index (κ2) is 9.46. The minimum Gasteiger partial charge on any atom is -0.496 e. The lowest BCUT2D eigenvalue weighted by Crippen LogP contribution is -2.12. The summed E-state index contributed by atoms with van der Waals surface area (Å²) in [6.07, 6.45) is 1.59. The van der Waals surface area contributed by atoms with E-state index in [1.165, 1.54) is 7.11 Å². The van der Waals surface area contributed by atoms with Crippen molar-refractivity contribution in [1.29, 1.82) is 0 Å². The van der Waals surface area contributed by atoms with Gasteiger partial charge in [-0.25, -0.2) is 0 Å². The summed E-state index contributed by atoms with van der Waals surface area (Å²) >= 11 is 6.46. The number of nitrogens with one attached hydrogen (secondary N) is 1. The molecular weight excluding hydrogens is 446 g/mol. The molecule has 3 N–H and O–H groups in total. The summed E-state index contributed by atoms with van der Waals surface area (Å²) in [5.74, 6) is 1.00. The molecular formula is C24H18ClN3O5. The summed E-state index contributed by atoms with van der Waals surface area (Å²) in [6.45, 7) is 0.358. The first-order chi connectivity index (χ1) is 16.0. The zero-order chi connectivity index (χ0) is 23.4. The highest BCUT2D eigenvalue weighted by atomic mass is 35.5. The second-order valence-electron chi connectivity index (χ2n) is 6.82. The number of pyridine rings is 1. The predicted octanol–water partition coefficient (Wildman–Crippen LogP) is 5.07. The molecule has 1 aromatic heterocycles. The second-order valence-corrected chi connectivity index (χ2v) is 7.23. The molecule has 0 saturated heterocycles. The number of fused-ring (bicyclic) bond motifs is 1. The number of nitrogens with two attached hydrogens (primary N) is 1. The Kier molecular flexibility index (Phi) is 6.28. The quantitative estimate of drug-likeness (QED) is 0.351. The Morgan fingerprint density at radius 3 is 2.58 bits per heavy atom. The summed E-state index contributed by atoms with van der Waals surface area (Å²) in [6, 6.07) is 16.9. The first kappa shape index (κ1) is 21.9. The molecule has 0 spiro atoms. The molecule has 166 valence electrons. The van der Waals surface area contributed by atoms with E-state index in [0.717, 1.165) is 0 Å². The van der Waals surface area contributed by atoms with Crippen molar-refractivity contribution in [1.82, 2.24) is 4.98 Å². The van der Waals surface area contributed by atoms with Gasteiger partial charge in [-0.3, -0.25) is 14.6 Å². The van der Waals surface area contributed by atoms with Crippen LogP contribution in [-0.2, 0) is 4.79 Å². The molecule has 0 bridgehead atoms. The third-order valence-electron chi connectivity index (χ3n) is 4.79. The molecule has 0 fully saturated rings. The highest BCUT2D eigenvalue weighted by molar-refractivity contribution is 6.33. The van der Waals surface area contributed by atoms with Crippen molar-refractivity contribution in [2.75, 3.05) is 12.4 Å². The van der Waals surface area contributed by atoms with Crippen LogP contribution in [0, 0.1) is 0 Å². The maximum Gasteiger partial charge on any atom is 0.298 e. The lowest BCUT2D eigenvalue weighted by molar-refractivity contribution is -0.120. The van der Waals surface area contributed by atoms with Crippen LogP contribution in [0.1, 0.15) is 10.4 Å². The number of rotatable bonds is 8. The molecule has 0 unspecified atom stereocenters. The maximum absolute atomic E-state index is 11.8. The average molecular weight is 464 g/mol. The van der Waals surface area contributed by atoms with Crippen LogP contribution < -0.4 is 25.3 Å². The van der Waals surface area contributed by atoms with E-state index in [9.17, 15) is 9.59 Å². The van der Waals surface area contributed by atoms with Crippen molar-refractivity contribution >= 4 is 46.3 Å². The fourth-order valence-corrected chi connectivity index (χ4v) is 3.47. The van der Waals surface area contributed by atoms with E-state index in [1.807, 2.05) is 0 Å². The number of methoxy groups -OCH3 is 1. The van der Waals surface area contributed by atoms with Crippen LogP contribution in [0.4, 0.5) is 11.4 Å². The third kappa shape index (κ3) is 4.65. The van der Waals surface area contributed by atoms with Gasteiger partial charge in [0.2, 0.25) is 0 Å². The zero-order valence-corrected chi connectivity index (χ0v) is 18.1. The Morgan fingerprint density at radius 1 is 1.03 bits per heavy atom. The van der Waals surface area contributed by atoms with E-state index in [2.05, 4.69) is 10.3 Å². The molecule has 0 aliphatic heterocycles. The van der Waals surface area contributed by atoms with Crippen LogP contribution in [0.3, 0.4) is 0 Å². The number of carbonyl (C=O) groups excluding carboxylic acids is 2. The van der Waals surface area contributed by atoms with E-state index in [-0.39, 0.29) is 5.56 Å². The van der Waals surface area contributed by atoms with Gasteiger partial charge in [0.05, 0.1) is 34.6 Å². The van der Waals surface area contributed by atoms with Gasteiger partial charge >= 0.3 is 0 Å². The number of aromatic nitrogens is 1. The number of ether oxygens (including phenoxy) is 3. The van der Waals surface area contributed by atoms with Gasteiger partial charge in [-0.05, 0) is 36.4 Å². The Hall–Kier alpha value is -4.30. The normalized spacial score (nSPS) is 10.5. The van der Waals surface area contributed by atoms with E-state index in [4.69, 9.17) is 31.5 Å².